The lowest BCUT2D eigenvalue weighted by Gasteiger charge is -2.28. The molecule has 1 aliphatic carbocycles. The molecule has 0 saturated heterocycles. The van der Waals surface area contributed by atoms with Crippen LogP contribution in [0.3, 0.4) is 0 Å². The highest BCUT2D eigenvalue weighted by Crippen LogP contribution is 2.29. The van der Waals surface area contributed by atoms with Gasteiger partial charge in [-0.15, -0.1) is 0 Å². The fourth-order valence-corrected chi connectivity index (χ4v) is 2.70. The Balaban J connectivity index is 2.36. The van der Waals surface area contributed by atoms with Crippen LogP contribution in [0.4, 0.5) is 4.79 Å². The average Bonchev–Trinajstić information content (AvgIpc) is 2.44. The Kier molecular flexibility index (Phi) is 7.36. The van der Waals surface area contributed by atoms with Crippen LogP contribution in [-0.2, 0) is 9.53 Å². The molecule has 0 aromatic heterocycles. The summed E-state index contributed by atoms with van der Waals surface area (Å²) >= 11 is 0. The van der Waals surface area contributed by atoms with Gasteiger partial charge in [0.15, 0.2) is 0 Å². The van der Waals surface area contributed by atoms with Crippen LogP contribution < -0.4 is 10.6 Å². The Bertz CT molecular complexity index is 322. The van der Waals surface area contributed by atoms with Crippen molar-refractivity contribution >= 4 is 12.0 Å². The number of hydrogen-bond donors (Lipinski definition) is 3. The summed E-state index contributed by atoms with van der Waals surface area (Å²) in [5, 5.41) is 14.8. The average molecular weight is 286 g/mol. The summed E-state index contributed by atoms with van der Waals surface area (Å²) < 4.78 is 5.02. The van der Waals surface area contributed by atoms with Gasteiger partial charge in [-0.2, -0.15) is 0 Å². The Morgan fingerprint density at radius 2 is 2.05 bits per heavy atom. The Morgan fingerprint density at radius 1 is 1.35 bits per heavy atom. The molecule has 1 saturated carbocycles. The molecule has 20 heavy (non-hydrogen) atoms. The summed E-state index contributed by atoms with van der Waals surface area (Å²) in [5.74, 6) is -1.04. The second-order valence-electron chi connectivity index (χ2n) is 5.40. The van der Waals surface area contributed by atoms with Crippen LogP contribution in [0.25, 0.3) is 0 Å². The molecule has 0 spiro atoms. The molecule has 1 rings (SSSR count). The lowest BCUT2D eigenvalue weighted by atomic mass is 9.79. The van der Waals surface area contributed by atoms with Crippen molar-refractivity contribution in [3.63, 3.8) is 0 Å². The fourth-order valence-electron chi connectivity index (χ4n) is 2.70. The van der Waals surface area contributed by atoms with Gasteiger partial charge in [0.25, 0.3) is 0 Å². The van der Waals surface area contributed by atoms with Crippen LogP contribution >= 0.6 is 0 Å². The van der Waals surface area contributed by atoms with Gasteiger partial charge in [0.05, 0.1) is 18.6 Å². The van der Waals surface area contributed by atoms with E-state index in [4.69, 9.17) is 4.74 Å². The molecule has 0 aromatic carbocycles. The van der Waals surface area contributed by atoms with E-state index in [0.717, 1.165) is 25.7 Å². The second-order valence-corrected chi connectivity index (χ2v) is 5.40. The summed E-state index contributed by atoms with van der Waals surface area (Å²) in [7, 11) is 1.60. The van der Waals surface area contributed by atoms with Gasteiger partial charge >= 0.3 is 12.0 Å². The molecular formula is C14H26N2O4. The molecular weight excluding hydrogens is 260 g/mol. The number of urea groups is 1. The van der Waals surface area contributed by atoms with Crippen molar-refractivity contribution in [3.8, 4) is 0 Å². The molecule has 3 unspecified atom stereocenters. The highest BCUT2D eigenvalue weighted by atomic mass is 16.5. The summed E-state index contributed by atoms with van der Waals surface area (Å²) in [5.41, 5.74) is 0. The third-order valence-electron chi connectivity index (χ3n) is 3.95. The van der Waals surface area contributed by atoms with Crippen molar-refractivity contribution in [2.45, 2.75) is 45.1 Å². The number of methoxy groups -OCH3 is 1. The molecule has 3 atom stereocenters. The normalized spacial score (nSPS) is 23.9. The zero-order valence-corrected chi connectivity index (χ0v) is 12.4. The van der Waals surface area contributed by atoms with E-state index < -0.39 is 5.97 Å². The zero-order chi connectivity index (χ0) is 15.0. The van der Waals surface area contributed by atoms with E-state index in [2.05, 4.69) is 10.6 Å². The van der Waals surface area contributed by atoms with Gasteiger partial charge in [-0.25, -0.2) is 4.79 Å². The number of carboxylic acids is 1. The van der Waals surface area contributed by atoms with Crippen LogP contribution in [0.2, 0.25) is 0 Å². The first kappa shape index (κ1) is 16.8. The monoisotopic (exact) mass is 286 g/mol. The van der Waals surface area contributed by atoms with Crippen molar-refractivity contribution in [2.75, 3.05) is 20.3 Å². The molecule has 2 amide bonds. The molecule has 6 nitrogen and oxygen atoms in total. The van der Waals surface area contributed by atoms with Gasteiger partial charge in [0, 0.05) is 13.7 Å². The Hall–Kier alpha value is -1.30. The smallest absolute Gasteiger partial charge is 0.315 e. The predicted molar refractivity (Wildman–Crippen MR) is 75.6 cm³/mol. The number of carboxylic acid groups (broad SMARTS) is 1. The maximum Gasteiger partial charge on any atom is 0.315 e. The van der Waals surface area contributed by atoms with Gasteiger partial charge in [-0.05, 0) is 25.2 Å². The first-order valence-electron chi connectivity index (χ1n) is 7.34. The highest BCUT2D eigenvalue weighted by molar-refractivity contribution is 5.74. The molecule has 0 bridgehead atoms. The number of amides is 2. The first-order valence-corrected chi connectivity index (χ1v) is 7.34. The molecule has 0 heterocycles. The maximum absolute atomic E-state index is 11.8. The third-order valence-corrected chi connectivity index (χ3v) is 3.95. The number of hydrogen-bond acceptors (Lipinski definition) is 3. The van der Waals surface area contributed by atoms with Crippen molar-refractivity contribution < 1.29 is 19.4 Å². The van der Waals surface area contributed by atoms with E-state index in [-0.39, 0.29) is 23.9 Å². The first-order chi connectivity index (χ1) is 9.58. The summed E-state index contributed by atoms with van der Waals surface area (Å²) in [6, 6.07) is -0.259. The summed E-state index contributed by atoms with van der Waals surface area (Å²) in [6.07, 6.45) is 4.38. The molecule has 0 aliphatic heterocycles. The van der Waals surface area contributed by atoms with E-state index in [1.54, 1.807) is 7.11 Å². The van der Waals surface area contributed by atoms with Gasteiger partial charge in [0.2, 0.25) is 0 Å². The van der Waals surface area contributed by atoms with Crippen LogP contribution in [0.15, 0.2) is 0 Å². The predicted octanol–water partition coefficient (Wildman–Crippen LogP) is 1.60. The largest absolute Gasteiger partial charge is 0.481 e. The van der Waals surface area contributed by atoms with Crippen LogP contribution in [-0.4, -0.2) is 43.4 Å². The summed E-state index contributed by atoms with van der Waals surface area (Å²) in [4.78, 5) is 23.0. The van der Waals surface area contributed by atoms with E-state index in [9.17, 15) is 14.7 Å². The van der Waals surface area contributed by atoms with Gasteiger partial charge < -0.3 is 20.5 Å². The number of aliphatic carboxylic acids is 1. The van der Waals surface area contributed by atoms with Crippen molar-refractivity contribution in [1.29, 1.82) is 0 Å². The Morgan fingerprint density at radius 3 is 2.65 bits per heavy atom. The summed E-state index contributed by atoms with van der Waals surface area (Å²) in [6.45, 7) is 2.88. The minimum absolute atomic E-state index is 0.0124. The minimum atomic E-state index is -0.747. The van der Waals surface area contributed by atoms with Gasteiger partial charge in [0.1, 0.15) is 0 Å². The van der Waals surface area contributed by atoms with Crippen LogP contribution in [0.1, 0.15) is 39.0 Å². The number of carbonyl (C=O) groups is 2. The molecule has 1 aliphatic rings. The number of carbonyl (C=O) groups excluding carboxylic acids is 1. The number of nitrogens with one attached hydrogen (secondary N) is 2. The number of ether oxygens (including phenoxy) is 1. The maximum atomic E-state index is 11.8. The minimum Gasteiger partial charge on any atom is -0.481 e. The SMILES string of the molecule is CCC(COC)NC(=O)NCC1CCCCC1C(=O)O. The molecule has 6 heteroatoms. The van der Waals surface area contributed by atoms with E-state index >= 15 is 0 Å². The lowest BCUT2D eigenvalue weighted by molar-refractivity contribution is -0.144. The quantitative estimate of drug-likeness (QED) is 0.663. The fraction of sp³-hybridized carbons (Fsp3) is 0.857. The molecule has 1 fully saturated rings. The van der Waals surface area contributed by atoms with Crippen molar-refractivity contribution in [1.82, 2.24) is 10.6 Å². The molecule has 3 N–H and O–H groups in total. The Labute approximate surface area is 120 Å². The topological polar surface area (TPSA) is 87.7 Å². The standard InChI is InChI=1S/C14H26N2O4/c1-3-11(9-20-2)16-14(19)15-8-10-6-4-5-7-12(10)13(17)18/h10-12H,3-9H2,1-2H3,(H,17,18)(H2,15,16,19). The lowest BCUT2D eigenvalue weighted by Crippen LogP contribution is -2.46. The van der Waals surface area contributed by atoms with Gasteiger partial charge in [-0.1, -0.05) is 19.8 Å². The zero-order valence-electron chi connectivity index (χ0n) is 12.4. The molecule has 0 aromatic rings. The molecule has 0 radical (unpaired) electrons. The number of rotatable bonds is 7. The third kappa shape index (κ3) is 5.36. The van der Waals surface area contributed by atoms with Crippen molar-refractivity contribution in [2.24, 2.45) is 11.8 Å². The van der Waals surface area contributed by atoms with E-state index in [1.165, 1.54) is 0 Å². The van der Waals surface area contributed by atoms with Crippen molar-refractivity contribution in [3.05, 3.63) is 0 Å². The highest BCUT2D eigenvalue weighted by Gasteiger charge is 2.30. The van der Waals surface area contributed by atoms with Gasteiger partial charge in [-0.3, -0.25) is 4.79 Å². The molecule has 116 valence electrons. The van der Waals surface area contributed by atoms with Crippen LogP contribution in [0, 0.1) is 11.8 Å². The van der Waals surface area contributed by atoms with E-state index in [1.807, 2.05) is 6.92 Å². The van der Waals surface area contributed by atoms with E-state index in [0.29, 0.717) is 19.6 Å². The second kappa shape index (κ2) is 8.79. The van der Waals surface area contributed by atoms with Crippen LogP contribution in [0.5, 0.6) is 0 Å².